The predicted octanol–water partition coefficient (Wildman–Crippen LogP) is 10.1. The summed E-state index contributed by atoms with van der Waals surface area (Å²) < 4.78 is 8.89. The number of benzene rings is 4. The number of ether oxygens (including phenoxy) is 1. The molecule has 0 amide bonds. The minimum Gasteiger partial charge on any atom is -0.485 e. The lowest BCUT2D eigenvalue weighted by atomic mass is 9.79. The van der Waals surface area contributed by atoms with Gasteiger partial charge in [0.25, 0.3) is 0 Å². The van der Waals surface area contributed by atoms with Crippen molar-refractivity contribution in [2.24, 2.45) is 16.8 Å². The van der Waals surface area contributed by atoms with Crippen LogP contribution in [0.25, 0.3) is 32.9 Å². The zero-order valence-electron chi connectivity index (χ0n) is 27.5. The van der Waals surface area contributed by atoms with Crippen LogP contribution in [0.3, 0.4) is 0 Å². The molecule has 5 aromatic rings. The van der Waals surface area contributed by atoms with Crippen molar-refractivity contribution in [2.45, 2.75) is 37.8 Å². The van der Waals surface area contributed by atoms with Gasteiger partial charge in [0.2, 0.25) is 5.96 Å². The van der Waals surface area contributed by atoms with Gasteiger partial charge in [-0.2, -0.15) is 0 Å². The number of allylic oxidation sites excluding steroid dienone is 7. The summed E-state index contributed by atoms with van der Waals surface area (Å²) in [6, 6.07) is 31.0. The molecule has 3 heterocycles. The molecule has 11 rings (SSSR count). The third-order valence-corrected chi connectivity index (χ3v) is 11.7. The summed E-state index contributed by atoms with van der Waals surface area (Å²) in [5.41, 5.74) is 13.8. The molecule has 4 unspecified atom stereocenters. The van der Waals surface area contributed by atoms with Gasteiger partial charge in [0, 0.05) is 39.2 Å². The lowest BCUT2D eigenvalue weighted by Gasteiger charge is -2.31. The molecule has 1 N–H and O–H groups in total. The Hall–Kier alpha value is -5.61. The highest BCUT2D eigenvalue weighted by atomic mass is 16.5. The van der Waals surface area contributed by atoms with Gasteiger partial charge in [0.05, 0.1) is 22.8 Å². The molecule has 1 aromatic heterocycles. The fourth-order valence-corrected chi connectivity index (χ4v) is 9.24. The summed E-state index contributed by atoms with van der Waals surface area (Å²) in [5.74, 6) is 2.49. The van der Waals surface area contributed by atoms with E-state index in [0.717, 1.165) is 29.3 Å². The van der Waals surface area contributed by atoms with Gasteiger partial charge in [0.1, 0.15) is 11.9 Å². The van der Waals surface area contributed by atoms with Gasteiger partial charge < -0.3 is 10.1 Å². The molecule has 4 atom stereocenters. The number of nitrogens with zero attached hydrogens (tertiary/aromatic N) is 2. The molecule has 0 bridgehead atoms. The van der Waals surface area contributed by atoms with E-state index in [-0.39, 0.29) is 23.5 Å². The number of rotatable bonds is 1. The van der Waals surface area contributed by atoms with E-state index in [4.69, 9.17) is 9.73 Å². The first-order valence-electron chi connectivity index (χ1n) is 17.5. The van der Waals surface area contributed by atoms with Crippen molar-refractivity contribution in [1.82, 2.24) is 9.88 Å². The molecule has 1 fully saturated rings. The molecule has 49 heavy (non-hydrogen) atoms. The first-order chi connectivity index (χ1) is 24.0. The number of hydrogen-bond acceptors (Lipinski definition) is 3. The number of fused-ring (bicyclic) bond motifs is 11. The molecule has 236 valence electrons. The molecule has 0 radical (unpaired) electrons. The van der Waals surface area contributed by atoms with Crippen LogP contribution in [0.4, 0.5) is 5.69 Å². The lowest BCUT2D eigenvalue weighted by molar-refractivity contribution is 0.182. The van der Waals surface area contributed by atoms with E-state index in [1.807, 2.05) is 0 Å². The normalized spacial score (nSPS) is 25.0. The Balaban J connectivity index is 1.06. The number of aromatic nitrogens is 1. The van der Waals surface area contributed by atoms with Crippen LogP contribution in [-0.2, 0) is 10.2 Å². The number of nitrogens with one attached hydrogen (secondary N) is 1. The van der Waals surface area contributed by atoms with Gasteiger partial charge in [-0.3, -0.25) is 4.57 Å². The van der Waals surface area contributed by atoms with Crippen molar-refractivity contribution < 1.29 is 4.74 Å². The third-order valence-electron chi connectivity index (χ3n) is 11.7. The van der Waals surface area contributed by atoms with E-state index in [0.29, 0.717) is 5.92 Å². The molecule has 2 aliphatic heterocycles. The second-order valence-corrected chi connectivity index (χ2v) is 14.7. The fourth-order valence-electron chi connectivity index (χ4n) is 9.24. The highest BCUT2D eigenvalue weighted by Crippen LogP contribution is 2.51. The fraction of sp³-hybridized carbons (Fsp3) is 0.178. The molecule has 1 saturated heterocycles. The topological polar surface area (TPSA) is 38.5 Å². The van der Waals surface area contributed by atoms with Crippen LogP contribution in [0.2, 0.25) is 0 Å². The molecule has 4 aromatic carbocycles. The zero-order valence-corrected chi connectivity index (χ0v) is 27.5. The van der Waals surface area contributed by atoms with E-state index in [9.17, 15) is 0 Å². The highest BCUT2D eigenvalue weighted by Gasteiger charge is 2.41. The third kappa shape index (κ3) is 3.77. The summed E-state index contributed by atoms with van der Waals surface area (Å²) in [6.45, 7) is 4.70. The van der Waals surface area contributed by atoms with Crippen LogP contribution in [0.15, 0.2) is 161 Å². The maximum atomic E-state index is 6.54. The van der Waals surface area contributed by atoms with Crippen LogP contribution < -0.4 is 5.32 Å². The van der Waals surface area contributed by atoms with Gasteiger partial charge >= 0.3 is 0 Å². The van der Waals surface area contributed by atoms with Crippen molar-refractivity contribution in [1.29, 1.82) is 0 Å². The predicted molar refractivity (Wildman–Crippen MR) is 199 cm³/mol. The molecule has 0 spiro atoms. The van der Waals surface area contributed by atoms with Crippen LogP contribution in [0.1, 0.15) is 43.0 Å². The summed E-state index contributed by atoms with van der Waals surface area (Å²) in [7, 11) is 0. The Morgan fingerprint density at radius 2 is 1.69 bits per heavy atom. The Kier molecular flexibility index (Phi) is 5.43. The smallest absolute Gasteiger partial charge is 0.209 e. The molecular formula is C45H35N3O. The molecule has 0 saturated carbocycles. The average molecular weight is 634 g/mol. The highest BCUT2D eigenvalue weighted by molar-refractivity contribution is 6.16. The van der Waals surface area contributed by atoms with Gasteiger partial charge in [-0.15, -0.1) is 0 Å². The van der Waals surface area contributed by atoms with Crippen molar-refractivity contribution in [2.75, 3.05) is 0 Å². The molecule has 4 aliphatic carbocycles. The summed E-state index contributed by atoms with van der Waals surface area (Å²) in [6.07, 6.45) is 19.4. The monoisotopic (exact) mass is 633 g/mol. The number of hydrogen-bond donors (Lipinski definition) is 1. The standard InChI is InChI=1S/C45H35N3O/c1-45(2)36-16-8-5-13-29(36)32-24-33-30-14-7-10-18-39(30)48(40(33)25-37(32)45)44-46-38-17-9-6-15-31(38)43(47-44)28-19-20-41-34(22-28)35-21-26-11-3-4-12-27(26)23-42(35)49-41/h3-11,13-25,27,34,41,43H,12H2,1-2H3,(H,46,47). The molecule has 4 nitrogen and oxygen atoms in total. The first-order valence-corrected chi connectivity index (χ1v) is 17.5. The second kappa shape index (κ2) is 9.73. The van der Waals surface area contributed by atoms with Crippen LogP contribution in [0, 0.1) is 11.8 Å². The Morgan fingerprint density at radius 3 is 2.65 bits per heavy atom. The number of para-hydroxylation sites is 2. The first kappa shape index (κ1) is 27.4. The van der Waals surface area contributed by atoms with Gasteiger partial charge in [-0.1, -0.05) is 111 Å². The van der Waals surface area contributed by atoms with E-state index in [1.54, 1.807) is 0 Å². The van der Waals surface area contributed by atoms with Crippen LogP contribution >= 0.6 is 0 Å². The van der Waals surface area contributed by atoms with Crippen molar-refractivity contribution in [3.05, 3.63) is 173 Å². The van der Waals surface area contributed by atoms with E-state index in [1.165, 1.54) is 60.8 Å². The van der Waals surface area contributed by atoms with E-state index in [2.05, 4.69) is 157 Å². The minimum absolute atomic E-state index is 0.0221. The molecular weight excluding hydrogens is 599 g/mol. The van der Waals surface area contributed by atoms with Crippen LogP contribution in [-0.4, -0.2) is 16.6 Å². The Labute approximate surface area is 285 Å². The van der Waals surface area contributed by atoms with Gasteiger partial charge in [0.15, 0.2) is 0 Å². The Bertz CT molecular complexity index is 2530. The summed E-state index contributed by atoms with van der Waals surface area (Å²) in [4.78, 5) is 5.34. The average Bonchev–Trinajstić information content (AvgIpc) is 3.74. The maximum absolute atomic E-state index is 6.54. The van der Waals surface area contributed by atoms with Crippen LogP contribution in [0.5, 0.6) is 0 Å². The second-order valence-electron chi connectivity index (χ2n) is 14.7. The van der Waals surface area contributed by atoms with Gasteiger partial charge in [-0.05, 0) is 76.2 Å². The maximum Gasteiger partial charge on any atom is 0.209 e. The van der Waals surface area contributed by atoms with Crippen molar-refractivity contribution in [3.8, 4) is 11.1 Å². The van der Waals surface area contributed by atoms with E-state index >= 15 is 0 Å². The zero-order chi connectivity index (χ0) is 32.4. The molecule has 6 aliphatic rings. The largest absolute Gasteiger partial charge is 0.485 e. The molecule has 4 heteroatoms. The van der Waals surface area contributed by atoms with Gasteiger partial charge in [-0.25, -0.2) is 4.99 Å². The van der Waals surface area contributed by atoms with E-state index < -0.39 is 0 Å². The van der Waals surface area contributed by atoms with Crippen molar-refractivity contribution >= 4 is 33.5 Å². The lowest BCUT2D eigenvalue weighted by Crippen LogP contribution is -2.37. The number of aliphatic imine (C=N–C) groups is 1. The van der Waals surface area contributed by atoms with Crippen molar-refractivity contribution in [3.63, 3.8) is 0 Å². The summed E-state index contributed by atoms with van der Waals surface area (Å²) >= 11 is 0. The Morgan fingerprint density at radius 1 is 0.837 bits per heavy atom. The SMILES string of the molecule is CC1(C)c2ccccc2-c2cc3c4ccccc4n(C4=Nc5ccccc5C(C5=CC6C7=CC8=CC=CCC8C=C7OC6C=C5)N4)c3cc21. The minimum atomic E-state index is -0.0962. The quantitative estimate of drug-likeness (QED) is 0.200. The summed E-state index contributed by atoms with van der Waals surface area (Å²) in [5, 5.41) is 6.45.